The fourth-order valence-corrected chi connectivity index (χ4v) is 2.27. The third-order valence-electron chi connectivity index (χ3n) is 2.40. The second-order valence-corrected chi connectivity index (χ2v) is 5.29. The largest absolute Gasteiger partial charge is 0.484 e. The molecular weight excluding hydrogens is 260 g/mol. The fraction of sp³-hybridized carbons (Fsp3) is 0.385. The van der Waals surface area contributed by atoms with Crippen LogP contribution in [0.4, 0.5) is 10.8 Å². The number of hydrogen-bond acceptors (Lipinski definition) is 6. The van der Waals surface area contributed by atoms with Crippen LogP contribution in [0.2, 0.25) is 0 Å². The highest BCUT2D eigenvalue weighted by atomic mass is 32.1. The van der Waals surface area contributed by atoms with Crippen LogP contribution >= 0.6 is 11.5 Å². The molecule has 102 valence electrons. The molecule has 0 saturated heterocycles. The van der Waals surface area contributed by atoms with Crippen molar-refractivity contribution in [2.45, 2.75) is 33.4 Å². The number of aryl methyl sites for hydroxylation is 1. The van der Waals surface area contributed by atoms with Crippen LogP contribution in [-0.2, 0) is 6.54 Å². The molecular formula is C13H18N4OS. The van der Waals surface area contributed by atoms with Gasteiger partial charge in [-0.2, -0.15) is 4.37 Å². The number of nitrogen functional groups attached to an aromatic ring is 1. The molecule has 0 spiro atoms. The van der Waals surface area contributed by atoms with Crippen molar-refractivity contribution in [3.63, 3.8) is 0 Å². The van der Waals surface area contributed by atoms with E-state index < -0.39 is 0 Å². The van der Waals surface area contributed by atoms with Crippen LogP contribution in [0.25, 0.3) is 0 Å². The number of nitrogens with two attached hydrogens (primary N) is 1. The molecule has 2 aromatic rings. The van der Waals surface area contributed by atoms with Crippen molar-refractivity contribution in [2.24, 2.45) is 0 Å². The summed E-state index contributed by atoms with van der Waals surface area (Å²) >= 11 is 1.30. The monoisotopic (exact) mass is 278 g/mol. The Bertz CT molecular complexity index is 553. The number of ether oxygens (including phenoxy) is 1. The maximum atomic E-state index is 5.80. The van der Waals surface area contributed by atoms with E-state index in [1.54, 1.807) is 0 Å². The summed E-state index contributed by atoms with van der Waals surface area (Å²) in [4.78, 5) is 4.44. The fourth-order valence-electron chi connectivity index (χ4n) is 1.62. The van der Waals surface area contributed by atoms with Crippen molar-refractivity contribution >= 4 is 22.4 Å². The van der Waals surface area contributed by atoms with E-state index in [0.29, 0.717) is 18.1 Å². The third kappa shape index (κ3) is 3.57. The van der Waals surface area contributed by atoms with E-state index in [1.807, 2.05) is 39.0 Å². The Morgan fingerprint density at radius 2 is 2.21 bits per heavy atom. The predicted molar refractivity (Wildman–Crippen MR) is 78.6 cm³/mol. The quantitative estimate of drug-likeness (QED) is 0.879. The molecule has 3 N–H and O–H groups in total. The average Bonchev–Trinajstić information content (AvgIpc) is 2.68. The van der Waals surface area contributed by atoms with Gasteiger partial charge in [-0.3, -0.25) is 4.98 Å². The number of nitrogens with zero attached hydrogens (tertiary/aromatic N) is 2. The second kappa shape index (κ2) is 5.88. The molecule has 2 rings (SSSR count). The zero-order valence-electron chi connectivity index (χ0n) is 11.3. The summed E-state index contributed by atoms with van der Waals surface area (Å²) in [7, 11) is 0. The standard InChI is InChI=1S/C13H18N4OS/c1-8(2)18-11-12(14)17-19-13(11)15-7-10-6-4-5-9(3)16-10/h4-6,8,15H,7H2,1-3H3,(H2,14,17). The second-order valence-electron chi connectivity index (χ2n) is 4.52. The summed E-state index contributed by atoms with van der Waals surface area (Å²) in [6.07, 6.45) is 0.0661. The minimum atomic E-state index is 0.0661. The summed E-state index contributed by atoms with van der Waals surface area (Å²) < 4.78 is 9.78. The summed E-state index contributed by atoms with van der Waals surface area (Å²) in [5.41, 5.74) is 7.78. The normalized spacial score (nSPS) is 10.7. The van der Waals surface area contributed by atoms with Crippen molar-refractivity contribution in [1.29, 1.82) is 0 Å². The van der Waals surface area contributed by atoms with Gasteiger partial charge >= 0.3 is 0 Å². The van der Waals surface area contributed by atoms with Gasteiger partial charge in [0.15, 0.2) is 16.6 Å². The molecule has 0 atom stereocenters. The van der Waals surface area contributed by atoms with Crippen LogP contribution in [0.5, 0.6) is 5.75 Å². The lowest BCUT2D eigenvalue weighted by Crippen LogP contribution is -2.09. The molecule has 0 bridgehead atoms. The first kappa shape index (κ1) is 13.6. The average molecular weight is 278 g/mol. The van der Waals surface area contributed by atoms with Crippen molar-refractivity contribution in [2.75, 3.05) is 11.1 Å². The molecule has 0 aliphatic heterocycles. The molecule has 19 heavy (non-hydrogen) atoms. The molecule has 0 aliphatic rings. The number of hydrogen-bond donors (Lipinski definition) is 2. The van der Waals surface area contributed by atoms with Gasteiger partial charge in [0, 0.05) is 5.69 Å². The number of pyridine rings is 1. The van der Waals surface area contributed by atoms with Crippen LogP contribution < -0.4 is 15.8 Å². The smallest absolute Gasteiger partial charge is 0.197 e. The zero-order valence-corrected chi connectivity index (χ0v) is 12.1. The first-order valence-electron chi connectivity index (χ1n) is 6.14. The molecule has 0 fully saturated rings. The molecule has 2 aromatic heterocycles. The van der Waals surface area contributed by atoms with Crippen LogP contribution in [0.15, 0.2) is 18.2 Å². The molecule has 2 heterocycles. The number of aromatic nitrogens is 2. The minimum absolute atomic E-state index is 0.0661. The number of anilines is 2. The van der Waals surface area contributed by atoms with Crippen LogP contribution in [0.3, 0.4) is 0 Å². The van der Waals surface area contributed by atoms with Crippen molar-refractivity contribution in [3.8, 4) is 5.75 Å². The van der Waals surface area contributed by atoms with Crippen molar-refractivity contribution in [1.82, 2.24) is 9.36 Å². The van der Waals surface area contributed by atoms with Gasteiger partial charge in [-0.1, -0.05) is 6.07 Å². The topological polar surface area (TPSA) is 73.1 Å². The van der Waals surface area contributed by atoms with Gasteiger partial charge in [0.1, 0.15) is 0 Å². The summed E-state index contributed by atoms with van der Waals surface area (Å²) in [5, 5.41) is 4.11. The molecule has 0 amide bonds. The molecule has 6 heteroatoms. The van der Waals surface area contributed by atoms with E-state index in [9.17, 15) is 0 Å². The van der Waals surface area contributed by atoms with Gasteiger partial charge in [-0.25, -0.2) is 0 Å². The van der Waals surface area contributed by atoms with E-state index in [1.165, 1.54) is 11.5 Å². The first-order chi connectivity index (χ1) is 9.06. The lowest BCUT2D eigenvalue weighted by molar-refractivity contribution is 0.245. The Balaban J connectivity index is 2.07. The van der Waals surface area contributed by atoms with E-state index >= 15 is 0 Å². The van der Waals surface area contributed by atoms with Crippen LogP contribution in [0, 0.1) is 6.92 Å². The number of nitrogens with one attached hydrogen (secondary N) is 1. The highest BCUT2D eigenvalue weighted by Gasteiger charge is 2.14. The zero-order chi connectivity index (χ0) is 13.8. The Morgan fingerprint density at radius 3 is 2.89 bits per heavy atom. The SMILES string of the molecule is Cc1cccc(CNc2snc(N)c2OC(C)C)n1. The molecule has 0 unspecified atom stereocenters. The van der Waals surface area contributed by atoms with Crippen LogP contribution in [-0.4, -0.2) is 15.5 Å². The molecule has 0 aromatic carbocycles. The summed E-state index contributed by atoms with van der Waals surface area (Å²) in [5.74, 6) is 1.06. The maximum absolute atomic E-state index is 5.80. The van der Waals surface area contributed by atoms with Gasteiger partial charge < -0.3 is 15.8 Å². The summed E-state index contributed by atoms with van der Waals surface area (Å²) in [6, 6.07) is 5.95. The van der Waals surface area contributed by atoms with Gasteiger partial charge in [0.2, 0.25) is 0 Å². The van der Waals surface area contributed by atoms with Gasteiger partial charge in [-0.15, -0.1) is 0 Å². The third-order valence-corrected chi connectivity index (χ3v) is 3.20. The highest BCUT2D eigenvalue weighted by Crippen LogP contribution is 2.36. The lowest BCUT2D eigenvalue weighted by atomic mass is 10.3. The van der Waals surface area contributed by atoms with Gasteiger partial charge in [0.25, 0.3) is 0 Å². The van der Waals surface area contributed by atoms with E-state index in [-0.39, 0.29) is 6.10 Å². The van der Waals surface area contributed by atoms with Crippen molar-refractivity contribution in [3.05, 3.63) is 29.6 Å². The molecule has 0 saturated carbocycles. The highest BCUT2D eigenvalue weighted by molar-refractivity contribution is 7.11. The summed E-state index contributed by atoms with van der Waals surface area (Å²) in [6.45, 7) is 6.52. The van der Waals surface area contributed by atoms with Gasteiger partial charge in [0.05, 0.1) is 18.3 Å². The number of rotatable bonds is 5. The van der Waals surface area contributed by atoms with Crippen LogP contribution in [0.1, 0.15) is 25.2 Å². The van der Waals surface area contributed by atoms with E-state index in [0.717, 1.165) is 16.4 Å². The van der Waals surface area contributed by atoms with Gasteiger partial charge in [-0.05, 0) is 44.4 Å². The molecule has 0 radical (unpaired) electrons. The Morgan fingerprint density at radius 1 is 1.42 bits per heavy atom. The lowest BCUT2D eigenvalue weighted by Gasteiger charge is -2.11. The minimum Gasteiger partial charge on any atom is -0.484 e. The Labute approximate surface area is 117 Å². The Kier molecular flexibility index (Phi) is 4.21. The first-order valence-corrected chi connectivity index (χ1v) is 6.92. The van der Waals surface area contributed by atoms with Crippen molar-refractivity contribution < 1.29 is 4.74 Å². The predicted octanol–water partition coefficient (Wildman–Crippen LogP) is 2.83. The van der Waals surface area contributed by atoms with E-state index in [2.05, 4.69) is 14.7 Å². The maximum Gasteiger partial charge on any atom is 0.197 e. The molecule has 5 nitrogen and oxygen atoms in total. The van der Waals surface area contributed by atoms with E-state index in [4.69, 9.17) is 10.5 Å². The molecule has 0 aliphatic carbocycles. The Hall–Kier alpha value is -1.82.